The van der Waals surface area contributed by atoms with Crippen molar-refractivity contribution in [2.24, 2.45) is 0 Å². The maximum atomic E-state index is 13.1. The van der Waals surface area contributed by atoms with Gasteiger partial charge in [-0.15, -0.1) is 0 Å². The largest absolute Gasteiger partial charge is 0.489 e. The summed E-state index contributed by atoms with van der Waals surface area (Å²) in [4.78, 5) is 0. The van der Waals surface area contributed by atoms with E-state index < -0.39 is 23.5 Å². The third-order valence-corrected chi connectivity index (χ3v) is 6.34. The topological polar surface area (TPSA) is 90.2 Å². The lowest BCUT2D eigenvalue weighted by Crippen LogP contribution is -2.16. The van der Waals surface area contributed by atoms with Crippen molar-refractivity contribution >= 4 is 23.0 Å². The highest BCUT2D eigenvalue weighted by molar-refractivity contribution is 6.08. The summed E-state index contributed by atoms with van der Waals surface area (Å²) in [5.74, 6) is 0.558. The van der Waals surface area contributed by atoms with E-state index in [4.69, 9.17) is 20.3 Å². The summed E-state index contributed by atoms with van der Waals surface area (Å²) in [5.41, 5.74) is 0.111. The van der Waals surface area contributed by atoms with Crippen LogP contribution in [-0.2, 0) is 12.4 Å². The molecule has 0 radical (unpaired) electrons. The van der Waals surface area contributed by atoms with E-state index >= 15 is 0 Å². The Morgan fingerprint density at radius 1 is 0.571 bits per heavy atom. The first-order valence-corrected chi connectivity index (χ1v) is 12.5. The molecule has 0 bridgehead atoms. The van der Waals surface area contributed by atoms with Gasteiger partial charge < -0.3 is 20.1 Å². The minimum atomic E-state index is -4.54. The van der Waals surface area contributed by atoms with Crippen LogP contribution in [0.2, 0.25) is 0 Å². The van der Waals surface area contributed by atoms with Crippen LogP contribution in [-0.4, -0.2) is 24.9 Å². The van der Waals surface area contributed by atoms with Crippen molar-refractivity contribution in [2.45, 2.75) is 12.4 Å². The molecule has 5 rings (SSSR count). The van der Waals surface area contributed by atoms with E-state index in [-0.39, 0.29) is 36.3 Å². The number of fused-ring (bicyclic) bond motifs is 3. The molecule has 0 aliphatic carbocycles. The first kappa shape index (κ1) is 28.5. The van der Waals surface area contributed by atoms with Crippen LogP contribution in [0.1, 0.15) is 22.3 Å². The molecule has 216 valence electrons. The summed E-state index contributed by atoms with van der Waals surface area (Å²) in [6.45, 7) is 0.445. The normalized spacial score (nSPS) is 12.9. The molecule has 0 saturated carbocycles. The number of rotatable bonds is 4. The van der Waals surface area contributed by atoms with Gasteiger partial charge in [0, 0.05) is 33.6 Å². The molecule has 0 atom stereocenters. The monoisotopic (exact) mass is 584 g/mol. The number of anilines is 2. The van der Waals surface area contributed by atoms with Crippen molar-refractivity contribution in [2.75, 3.05) is 23.8 Å². The summed E-state index contributed by atoms with van der Waals surface area (Å²) in [6, 6.07) is 18.6. The van der Waals surface area contributed by atoms with Gasteiger partial charge in [0.05, 0.1) is 11.1 Å². The van der Waals surface area contributed by atoms with E-state index in [1.165, 1.54) is 24.3 Å². The van der Waals surface area contributed by atoms with E-state index in [1.807, 2.05) is 0 Å². The minimum absolute atomic E-state index is 0.0814. The van der Waals surface area contributed by atoms with Crippen molar-refractivity contribution in [3.63, 3.8) is 0 Å². The molecule has 4 N–H and O–H groups in total. The Balaban J connectivity index is 1.45. The SMILES string of the molecule is N=C(Nc1cccc(C(F)(F)F)c1)c1ccc2c(c1)-c1cc(C(=N)Nc3cccc(C(F)(F)F)c3)ccc1OCCO2. The third kappa shape index (κ3) is 6.32. The van der Waals surface area contributed by atoms with Crippen molar-refractivity contribution in [3.05, 3.63) is 107 Å². The molecular weight excluding hydrogens is 562 g/mol. The van der Waals surface area contributed by atoms with Gasteiger partial charge in [-0.3, -0.25) is 10.8 Å². The fourth-order valence-corrected chi connectivity index (χ4v) is 4.33. The molecule has 4 aromatic carbocycles. The average Bonchev–Trinajstić information content (AvgIpc) is 2.93. The first-order valence-electron chi connectivity index (χ1n) is 12.5. The number of amidine groups is 2. The average molecular weight is 585 g/mol. The zero-order chi connectivity index (χ0) is 30.1. The zero-order valence-corrected chi connectivity index (χ0v) is 21.6. The van der Waals surface area contributed by atoms with E-state index in [0.29, 0.717) is 33.8 Å². The molecule has 42 heavy (non-hydrogen) atoms. The summed E-state index contributed by atoms with van der Waals surface area (Å²) < 4.78 is 90.4. The lowest BCUT2D eigenvalue weighted by molar-refractivity contribution is -0.138. The highest BCUT2D eigenvalue weighted by Gasteiger charge is 2.31. The Morgan fingerprint density at radius 2 is 0.976 bits per heavy atom. The Hall–Kier alpha value is -5.00. The molecule has 0 fully saturated rings. The van der Waals surface area contributed by atoms with Crippen LogP contribution < -0.4 is 20.1 Å². The van der Waals surface area contributed by atoms with E-state index in [1.54, 1.807) is 36.4 Å². The van der Waals surface area contributed by atoms with E-state index in [9.17, 15) is 26.3 Å². The van der Waals surface area contributed by atoms with Crippen molar-refractivity contribution in [1.82, 2.24) is 0 Å². The smallest absolute Gasteiger partial charge is 0.416 e. The highest BCUT2D eigenvalue weighted by Crippen LogP contribution is 2.40. The van der Waals surface area contributed by atoms with Gasteiger partial charge in [0.15, 0.2) is 0 Å². The fraction of sp³-hybridized carbons (Fsp3) is 0.133. The Kier molecular flexibility index (Phi) is 7.55. The lowest BCUT2D eigenvalue weighted by atomic mass is 9.97. The van der Waals surface area contributed by atoms with Crippen molar-refractivity contribution in [1.29, 1.82) is 10.8 Å². The number of nitrogens with one attached hydrogen (secondary N) is 4. The van der Waals surface area contributed by atoms with Crippen LogP contribution in [0.3, 0.4) is 0 Å². The molecule has 1 aliphatic heterocycles. The van der Waals surface area contributed by atoms with Gasteiger partial charge in [0.2, 0.25) is 0 Å². The van der Waals surface area contributed by atoms with Crippen LogP contribution >= 0.6 is 0 Å². The van der Waals surface area contributed by atoms with Crippen LogP contribution in [0, 0.1) is 10.8 Å². The minimum Gasteiger partial charge on any atom is -0.489 e. The van der Waals surface area contributed by atoms with Gasteiger partial charge in [-0.1, -0.05) is 12.1 Å². The van der Waals surface area contributed by atoms with Gasteiger partial charge in [-0.25, -0.2) is 0 Å². The first-order chi connectivity index (χ1) is 19.9. The second-order valence-electron chi connectivity index (χ2n) is 9.28. The molecule has 1 aliphatic rings. The van der Waals surface area contributed by atoms with Crippen LogP contribution in [0.5, 0.6) is 11.5 Å². The number of halogens is 6. The fourth-order valence-electron chi connectivity index (χ4n) is 4.33. The Labute approximate surface area is 235 Å². The molecule has 0 aromatic heterocycles. The molecule has 0 unspecified atom stereocenters. The van der Waals surface area contributed by atoms with Crippen LogP contribution in [0.15, 0.2) is 84.9 Å². The molecular formula is C30H22F6N4O2. The number of benzene rings is 4. The van der Waals surface area contributed by atoms with Crippen molar-refractivity contribution in [3.8, 4) is 22.6 Å². The Morgan fingerprint density at radius 3 is 1.36 bits per heavy atom. The number of hydrogen-bond donors (Lipinski definition) is 4. The lowest BCUT2D eigenvalue weighted by Gasteiger charge is -2.21. The second kappa shape index (κ2) is 11.1. The van der Waals surface area contributed by atoms with E-state index in [2.05, 4.69) is 10.6 Å². The van der Waals surface area contributed by atoms with Gasteiger partial charge in [0.25, 0.3) is 0 Å². The summed E-state index contributed by atoms with van der Waals surface area (Å²) in [5, 5.41) is 22.4. The van der Waals surface area contributed by atoms with Crippen molar-refractivity contribution < 1.29 is 35.8 Å². The summed E-state index contributed by atoms with van der Waals surface area (Å²) in [7, 11) is 0. The molecule has 6 nitrogen and oxygen atoms in total. The standard InChI is InChI=1S/C30H22F6N4O2/c31-29(32,33)19-3-1-5-21(15-19)39-27(37)17-7-9-25-23(13-17)24-14-18(8-10-26(24)42-12-11-41-25)28(38)40-22-6-2-4-20(16-22)30(34,35)36/h1-10,13-16H,11-12H2,(H2,37,39)(H2,38,40). The quantitative estimate of drug-likeness (QED) is 0.111. The molecule has 12 heteroatoms. The molecule has 0 spiro atoms. The maximum Gasteiger partial charge on any atom is 0.416 e. The van der Waals surface area contributed by atoms with Gasteiger partial charge in [0.1, 0.15) is 36.4 Å². The van der Waals surface area contributed by atoms with Gasteiger partial charge in [-0.05, 0) is 72.8 Å². The number of hydrogen-bond acceptors (Lipinski definition) is 4. The van der Waals surface area contributed by atoms with Crippen LogP contribution in [0.4, 0.5) is 37.7 Å². The summed E-state index contributed by atoms with van der Waals surface area (Å²) >= 11 is 0. The van der Waals surface area contributed by atoms with Gasteiger partial charge >= 0.3 is 12.4 Å². The molecule has 1 heterocycles. The predicted molar refractivity (Wildman–Crippen MR) is 147 cm³/mol. The Bertz CT molecular complexity index is 1540. The van der Waals surface area contributed by atoms with Gasteiger partial charge in [-0.2, -0.15) is 26.3 Å². The second-order valence-corrected chi connectivity index (χ2v) is 9.28. The number of ether oxygens (including phenoxy) is 2. The zero-order valence-electron chi connectivity index (χ0n) is 21.6. The molecule has 0 saturated heterocycles. The third-order valence-electron chi connectivity index (χ3n) is 6.34. The highest BCUT2D eigenvalue weighted by atomic mass is 19.4. The molecule has 4 aromatic rings. The predicted octanol–water partition coefficient (Wildman–Crippen LogP) is 8.04. The summed E-state index contributed by atoms with van der Waals surface area (Å²) in [6.07, 6.45) is -9.07. The maximum absolute atomic E-state index is 13.1. The van der Waals surface area contributed by atoms with Crippen LogP contribution in [0.25, 0.3) is 11.1 Å². The number of alkyl halides is 6. The van der Waals surface area contributed by atoms with E-state index in [0.717, 1.165) is 24.3 Å². The molecule has 0 amide bonds.